The molecule has 2 aliphatic heterocycles. The van der Waals surface area contributed by atoms with E-state index in [1.54, 1.807) is 40.8 Å². The highest BCUT2D eigenvalue weighted by atomic mass is 32.2. The average molecular weight is 528 g/mol. The van der Waals surface area contributed by atoms with Crippen LogP contribution in [0.4, 0.5) is 5.82 Å². The zero-order chi connectivity index (χ0) is 27.0. The first-order chi connectivity index (χ1) is 17.1. The van der Waals surface area contributed by atoms with Gasteiger partial charge in [0, 0.05) is 36.8 Å². The summed E-state index contributed by atoms with van der Waals surface area (Å²) in [5.41, 5.74) is -0.273. The number of rotatable bonds is 3. The highest BCUT2D eigenvalue weighted by Gasteiger charge is 2.52. The second kappa shape index (κ2) is 8.04. The number of nitrogens with one attached hydrogen (secondary N) is 1. The minimum atomic E-state index is -4.15. The van der Waals surface area contributed by atoms with E-state index in [1.165, 1.54) is 6.20 Å². The van der Waals surface area contributed by atoms with Gasteiger partial charge in [-0.1, -0.05) is 27.7 Å². The SMILES string of the molecule is Cn1ncc2c1[C@@]1(C)CN(c3nc(-n4ccc(OCC(C)(C)C)n4)ccc3C(=O)NS2(=O)=O)C(C)(C)C1. The highest BCUT2D eigenvalue weighted by molar-refractivity contribution is 7.90. The molecule has 1 saturated heterocycles. The summed E-state index contributed by atoms with van der Waals surface area (Å²) in [4.78, 5) is 20.3. The molecule has 0 radical (unpaired) electrons. The Morgan fingerprint density at radius 1 is 1.16 bits per heavy atom. The first kappa shape index (κ1) is 25.2. The van der Waals surface area contributed by atoms with E-state index in [9.17, 15) is 13.2 Å². The van der Waals surface area contributed by atoms with Crippen LogP contribution in [0.2, 0.25) is 0 Å². The van der Waals surface area contributed by atoms with Crippen LogP contribution in [-0.4, -0.2) is 57.6 Å². The second-order valence-electron chi connectivity index (χ2n) is 12.0. The van der Waals surface area contributed by atoms with Crippen molar-refractivity contribution in [3.05, 3.63) is 41.9 Å². The summed E-state index contributed by atoms with van der Waals surface area (Å²) in [6.07, 6.45) is 3.69. The van der Waals surface area contributed by atoms with E-state index < -0.39 is 26.9 Å². The third kappa shape index (κ3) is 4.36. The van der Waals surface area contributed by atoms with Crippen LogP contribution in [0.1, 0.15) is 64.0 Å². The van der Waals surface area contributed by atoms with Crippen molar-refractivity contribution < 1.29 is 17.9 Å². The summed E-state index contributed by atoms with van der Waals surface area (Å²) in [7, 11) is -2.43. The van der Waals surface area contributed by atoms with Gasteiger partial charge in [-0.25, -0.2) is 22.8 Å². The van der Waals surface area contributed by atoms with E-state index in [0.717, 1.165) is 0 Å². The molecule has 198 valence electrons. The Morgan fingerprint density at radius 2 is 1.89 bits per heavy atom. The molecule has 0 saturated carbocycles. The number of ether oxygens (including phenoxy) is 1. The van der Waals surface area contributed by atoms with Crippen LogP contribution < -0.4 is 14.4 Å². The van der Waals surface area contributed by atoms with E-state index in [0.29, 0.717) is 42.8 Å². The van der Waals surface area contributed by atoms with Crippen LogP contribution in [0, 0.1) is 5.41 Å². The quantitative estimate of drug-likeness (QED) is 0.551. The molecule has 0 aromatic carbocycles. The number of hydrogen-bond acceptors (Lipinski definition) is 8. The maximum absolute atomic E-state index is 13.3. The topological polar surface area (TPSA) is 124 Å². The second-order valence-corrected chi connectivity index (χ2v) is 13.7. The van der Waals surface area contributed by atoms with Crippen molar-refractivity contribution in [2.45, 2.75) is 63.8 Å². The third-order valence-electron chi connectivity index (χ3n) is 6.87. The zero-order valence-corrected chi connectivity index (χ0v) is 23.0. The standard InChI is InChI=1S/C25H33N7O4S/c1-23(2,3)15-36-19-10-11-32(28-19)18-9-8-16-21(27-18)31-14-25(6,13-24(31,4)5)20-17(12-26-30(20)7)37(34,35)29-22(16)33/h8-12H,13-15H2,1-7H3,(H,29,33)/t25-/m1/s1. The van der Waals surface area contributed by atoms with Gasteiger partial charge < -0.3 is 9.64 Å². The van der Waals surface area contributed by atoms with Gasteiger partial charge in [-0.05, 0) is 37.8 Å². The molecule has 0 spiro atoms. The maximum Gasteiger partial charge on any atom is 0.268 e. The highest BCUT2D eigenvalue weighted by Crippen LogP contribution is 2.47. The summed E-state index contributed by atoms with van der Waals surface area (Å²) >= 11 is 0. The first-order valence-corrected chi connectivity index (χ1v) is 13.7. The first-order valence-electron chi connectivity index (χ1n) is 12.2. The van der Waals surface area contributed by atoms with Gasteiger partial charge in [0.05, 0.1) is 24.1 Å². The number of pyridine rings is 1. The average Bonchev–Trinajstić information content (AvgIpc) is 3.47. The van der Waals surface area contributed by atoms with Crippen molar-refractivity contribution in [3.8, 4) is 11.7 Å². The Kier molecular flexibility index (Phi) is 5.49. The summed E-state index contributed by atoms with van der Waals surface area (Å²) in [6.45, 7) is 13.4. The fourth-order valence-corrected chi connectivity index (χ4v) is 6.76. The van der Waals surface area contributed by atoms with Crippen molar-refractivity contribution >= 4 is 21.7 Å². The minimum Gasteiger partial charge on any atom is -0.476 e. The third-order valence-corrected chi connectivity index (χ3v) is 8.20. The van der Waals surface area contributed by atoms with Crippen LogP contribution in [0.5, 0.6) is 5.88 Å². The van der Waals surface area contributed by atoms with Crippen molar-refractivity contribution in [2.24, 2.45) is 12.5 Å². The lowest BCUT2D eigenvalue weighted by Crippen LogP contribution is -2.42. The largest absolute Gasteiger partial charge is 0.476 e. The smallest absolute Gasteiger partial charge is 0.268 e. The fraction of sp³-hybridized carbons (Fsp3) is 0.520. The van der Waals surface area contributed by atoms with Gasteiger partial charge in [0.1, 0.15) is 10.7 Å². The van der Waals surface area contributed by atoms with Crippen molar-refractivity contribution in [3.63, 3.8) is 0 Å². The normalized spacial score (nSPS) is 22.2. The molecule has 3 aromatic rings. The lowest BCUT2D eigenvalue weighted by atomic mass is 9.81. The van der Waals surface area contributed by atoms with E-state index in [1.807, 2.05) is 6.92 Å². The zero-order valence-electron chi connectivity index (χ0n) is 22.2. The van der Waals surface area contributed by atoms with Crippen molar-refractivity contribution in [1.82, 2.24) is 29.3 Å². The van der Waals surface area contributed by atoms with Crippen LogP contribution in [-0.2, 0) is 22.5 Å². The summed E-state index contributed by atoms with van der Waals surface area (Å²) in [5.74, 6) is 0.614. The Bertz CT molecular complexity index is 1500. The van der Waals surface area contributed by atoms with Crippen LogP contribution in [0.3, 0.4) is 0 Å². The summed E-state index contributed by atoms with van der Waals surface area (Å²) in [6, 6.07) is 5.01. The van der Waals surface area contributed by atoms with Gasteiger partial charge in [0.25, 0.3) is 15.9 Å². The molecular weight excluding hydrogens is 494 g/mol. The molecule has 5 rings (SSSR count). The van der Waals surface area contributed by atoms with Gasteiger partial charge in [0.2, 0.25) is 5.88 Å². The molecule has 1 amide bonds. The van der Waals surface area contributed by atoms with Gasteiger partial charge in [-0.3, -0.25) is 9.48 Å². The van der Waals surface area contributed by atoms with Gasteiger partial charge in [0.15, 0.2) is 5.82 Å². The molecule has 1 N–H and O–H groups in total. The van der Waals surface area contributed by atoms with E-state index in [2.05, 4.69) is 54.4 Å². The molecule has 12 heteroatoms. The minimum absolute atomic E-state index is 0.0166. The number of carbonyl (C=O) groups is 1. The van der Waals surface area contributed by atoms with Gasteiger partial charge in [-0.2, -0.15) is 5.10 Å². The lowest BCUT2D eigenvalue weighted by Gasteiger charge is -2.34. The monoisotopic (exact) mass is 527 g/mol. The lowest BCUT2D eigenvalue weighted by molar-refractivity contribution is 0.0981. The van der Waals surface area contributed by atoms with Crippen molar-refractivity contribution in [1.29, 1.82) is 0 Å². The molecule has 5 heterocycles. The molecule has 2 bridgehead atoms. The molecule has 0 unspecified atom stereocenters. The maximum atomic E-state index is 13.3. The number of hydrogen-bond donors (Lipinski definition) is 1. The molecule has 2 aliphatic rings. The Hall–Kier alpha value is -3.41. The molecular formula is C25H33N7O4S. The number of aryl methyl sites for hydroxylation is 1. The number of aromatic nitrogens is 5. The number of nitrogens with zero attached hydrogens (tertiary/aromatic N) is 6. The Balaban J connectivity index is 1.62. The number of fused-ring (bicyclic) bond motifs is 6. The summed E-state index contributed by atoms with van der Waals surface area (Å²) < 4.78 is 37.8. The number of anilines is 1. The molecule has 1 fully saturated rings. The predicted molar refractivity (Wildman–Crippen MR) is 138 cm³/mol. The number of amides is 1. The molecule has 37 heavy (non-hydrogen) atoms. The van der Waals surface area contributed by atoms with Gasteiger partial charge in [-0.15, -0.1) is 5.10 Å². The van der Waals surface area contributed by atoms with Crippen LogP contribution >= 0.6 is 0 Å². The Labute approximate surface area is 216 Å². The molecule has 11 nitrogen and oxygen atoms in total. The number of carbonyl (C=O) groups excluding carboxylic acids is 1. The van der Waals surface area contributed by atoms with Gasteiger partial charge >= 0.3 is 0 Å². The summed E-state index contributed by atoms with van der Waals surface area (Å²) in [5, 5.41) is 8.74. The number of sulfonamides is 1. The van der Waals surface area contributed by atoms with E-state index in [-0.39, 0.29) is 15.9 Å². The van der Waals surface area contributed by atoms with Crippen LogP contribution in [0.15, 0.2) is 35.5 Å². The predicted octanol–water partition coefficient (Wildman–Crippen LogP) is 2.80. The molecule has 1 atom stereocenters. The van der Waals surface area contributed by atoms with E-state index >= 15 is 0 Å². The fourth-order valence-electron chi connectivity index (χ4n) is 5.47. The van der Waals surface area contributed by atoms with E-state index in [4.69, 9.17) is 9.72 Å². The Morgan fingerprint density at radius 3 is 2.59 bits per heavy atom. The molecule has 3 aromatic heterocycles. The van der Waals surface area contributed by atoms with Crippen LogP contribution in [0.25, 0.3) is 5.82 Å². The van der Waals surface area contributed by atoms with Crippen molar-refractivity contribution in [2.75, 3.05) is 18.1 Å². The molecule has 0 aliphatic carbocycles.